The molecule has 2 N–H and O–H groups in total. The van der Waals surface area contributed by atoms with Crippen molar-refractivity contribution in [3.05, 3.63) is 29.6 Å². The summed E-state index contributed by atoms with van der Waals surface area (Å²) in [5.41, 5.74) is 9.53. The number of hydrogen-bond acceptors (Lipinski definition) is 2. The minimum Gasteiger partial charge on any atom is -0.326 e. The van der Waals surface area contributed by atoms with Gasteiger partial charge in [-0.05, 0) is 58.7 Å². The molecule has 0 saturated heterocycles. The molecule has 3 heteroatoms. The highest BCUT2D eigenvalue weighted by Crippen LogP contribution is 2.23. The first-order chi connectivity index (χ1) is 8.78. The van der Waals surface area contributed by atoms with Crippen LogP contribution in [0.5, 0.6) is 0 Å². The van der Waals surface area contributed by atoms with E-state index in [0.717, 1.165) is 24.2 Å². The Morgan fingerprint density at radius 3 is 2.58 bits per heavy atom. The van der Waals surface area contributed by atoms with Crippen LogP contribution in [0.3, 0.4) is 0 Å². The molecule has 1 aromatic heterocycles. The number of imidazole rings is 1. The lowest BCUT2D eigenvalue weighted by atomic mass is 10.00. The number of aryl methyl sites for hydroxylation is 2. The largest absolute Gasteiger partial charge is 0.326 e. The summed E-state index contributed by atoms with van der Waals surface area (Å²) in [6.45, 7) is 10.7. The third-order valence-corrected chi connectivity index (χ3v) is 3.43. The molecule has 0 aliphatic carbocycles. The van der Waals surface area contributed by atoms with Crippen molar-refractivity contribution in [3.8, 4) is 0 Å². The van der Waals surface area contributed by atoms with Crippen molar-refractivity contribution < 1.29 is 0 Å². The Bertz CT molecular complexity index is 573. The maximum Gasteiger partial charge on any atom is 0.110 e. The second-order valence-electron chi connectivity index (χ2n) is 6.47. The highest BCUT2D eigenvalue weighted by atomic mass is 15.1. The molecule has 0 bridgehead atoms. The standard InChI is InChI=1S/C16H25N3/c1-11(2)19-14-7-6-12(3)10-13(14)18-15(19)8-9-16(4,5)17/h6-7,10-11H,8-9,17H2,1-5H3. The van der Waals surface area contributed by atoms with Gasteiger partial charge >= 0.3 is 0 Å². The first-order valence-electron chi connectivity index (χ1n) is 7.04. The molecule has 1 aromatic carbocycles. The van der Waals surface area contributed by atoms with Crippen LogP contribution in [-0.4, -0.2) is 15.1 Å². The van der Waals surface area contributed by atoms with Gasteiger partial charge in [0, 0.05) is 18.0 Å². The van der Waals surface area contributed by atoms with Gasteiger partial charge in [0.05, 0.1) is 11.0 Å². The van der Waals surface area contributed by atoms with E-state index in [1.807, 2.05) is 0 Å². The first-order valence-corrected chi connectivity index (χ1v) is 7.04. The van der Waals surface area contributed by atoms with E-state index >= 15 is 0 Å². The molecule has 19 heavy (non-hydrogen) atoms. The minimum absolute atomic E-state index is 0.143. The Kier molecular flexibility index (Phi) is 3.68. The second kappa shape index (κ2) is 4.97. The SMILES string of the molecule is Cc1ccc2c(c1)nc(CCC(C)(C)N)n2C(C)C. The van der Waals surface area contributed by atoms with Crippen LogP contribution in [0.2, 0.25) is 0 Å². The number of nitrogens with zero attached hydrogens (tertiary/aromatic N) is 2. The maximum absolute atomic E-state index is 6.09. The van der Waals surface area contributed by atoms with Crippen molar-refractivity contribution in [2.45, 2.75) is 59.0 Å². The van der Waals surface area contributed by atoms with Gasteiger partial charge in [0.15, 0.2) is 0 Å². The number of fused-ring (bicyclic) bond motifs is 1. The van der Waals surface area contributed by atoms with E-state index in [9.17, 15) is 0 Å². The van der Waals surface area contributed by atoms with Crippen LogP contribution in [-0.2, 0) is 6.42 Å². The van der Waals surface area contributed by atoms with Crippen LogP contribution < -0.4 is 5.73 Å². The Balaban J connectivity index is 2.44. The summed E-state index contributed by atoms with van der Waals surface area (Å²) in [4.78, 5) is 4.81. The summed E-state index contributed by atoms with van der Waals surface area (Å²) in [5, 5.41) is 0. The highest BCUT2D eigenvalue weighted by molar-refractivity contribution is 5.77. The quantitative estimate of drug-likeness (QED) is 0.911. The number of rotatable bonds is 4. The fraction of sp³-hybridized carbons (Fsp3) is 0.562. The minimum atomic E-state index is -0.143. The molecule has 0 unspecified atom stereocenters. The van der Waals surface area contributed by atoms with E-state index in [1.165, 1.54) is 11.1 Å². The molecule has 0 radical (unpaired) electrons. The van der Waals surface area contributed by atoms with Crippen molar-refractivity contribution in [1.29, 1.82) is 0 Å². The molecular weight excluding hydrogens is 234 g/mol. The smallest absolute Gasteiger partial charge is 0.110 e. The van der Waals surface area contributed by atoms with Gasteiger partial charge in [0.1, 0.15) is 5.82 Å². The van der Waals surface area contributed by atoms with Gasteiger partial charge in [-0.3, -0.25) is 0 Å². The van der Waals surface area contributed by atoms with Crippen LogP contribution >= 0.6 is 0 Å². The van der Waals surface area contributed by atoms with Crippen molar-refractivity contribution in [2.24, 2.45) is 5.73 Å². The Morgan fingerprint density at radius 1 is 1.32 bits per heavy atom. The first kappa shape index (κ1) is 14.1. The molecule has 0 aliphatic rings. The maximum atomic E-state index is 6.09. The van der Waals surface area contributed by atoms with Crippen molar-refractivity contribution in [3.63, 3.8) is 0 Å². The molecule has 3 nitrogen and oxygen atoms in total. The molecule has 2 rings (SSSR count). The van der Waals surface area contributed by atoms with E-state index < -0.39 is 0 Å². The number of benzene rings is 1. The van der Waals surface area contributed by atoms with E-state index in [-0.39, 0.29) is 5.54 Å². The summed E-state index contributed by atoms with van der Waals surface area (Å²) in [6.07, 6.45) is 1.87. The zero-order chi connectivity index (χ0) is 14.2. The number of aromatic nitrogens is 2. The third-order valence-electron chi connectivity index (χ3n) is 3.43. The van der Waals surface area contributed by atoms with Crippen molar-refractivity contribution >= 4 is 11.0 Å². The van der Waals surface area contributed by atoms with Gasteiger partial charge in [0.25, 0.3) is 0 Å². The van der Waals surface area contributed by atoms with E-state index in [1.54, 1.807) is 0 Å². The van der Waals surface area contributed by atoms with Gasteiger partial charge in [-0.1, -0.05) is 6.07 Å². The van der Waals surface area contributed by atoms with Gasteiger partial charge in [-0.25, -0.2) is 4.98 Å². The number of hydrogen-bond donors (Lipinski definition) is 1. The van der Waals surface area contributed by atoms with E-state index in [2.05, 4.69) is 57.4 Å². The predicted molar refractivity (Wildman–Crippen MR) is 81.4 cm³/mol. The average Bonchev–Trinajstić information content (AvgIpc) is 2.62. The Hall–Kier alpha value is -1.35. The molecule has 0 amide bonds. The van der Waals surface area contributed by atoms with Gasteiger partial charge in [-0.15, -0.1) is 0 Å². The molecule has 0 saturated carbocycles. The normalized spacial score (nSPS) is 12.6. The monoisotopic (exact) mass is 259 g/mol. The van der Waals surface area contributed by atoms with Gasteiger partial charge in [0.2, 0.25) is 0 Å². The van der Waals surface area contributed by atoms with Crippen molar-refractivity contribution in [2.75, 3.05) is 0 Å². The molecule has 0 atom stereocenters. The summed E-state index contributed by atoms with van der Waals surface area (Å²) in [6, 6.07) is 6.91. The third kappa shape index (κ3) is 3.16. The van der Waals surface area contributed by atoms with Crippen LogP contribution in [0.25, 0.3) is 11.0 Å². The van der Waals surface area contributed by atoms with Crippen molar-refractivity contribution in [1.82, 2.24) is 9.55 Å². The second-order valence-corrected chi connectivity index (χ2v) is 6.47. The predicted octanol–water partition coefficient (Wildman–Crippen LogP) is 3.60. The average molecular weight is 259 g/mol. The topological polar surface area (TPSA) is 43.8 Å². The molecule has 0 spiro atoms. The van der Waals surface area contributed by atoms with Gasteiger partial charge in [-0.2, -0.15) is 0 Å². The highest BCUT2D eigenvalue weighted by Gasteiger charge is 2.17. The molecule has 1 heterocycles. The lowest BCUT2D eigenvalue weighted by Crippen LogP contribution is -2.32. The lowest BCUT2D eigenvalue weighted by molar-refractivity contribution is 0.459. The molecule has 0 aliphatic heterocycles. The fourth-order valence-electron chi connectivity index (χ4n) is 2.45. The Labute approximate surface area is 115 Å². The fourth-order valence-corrected chi connectivity index (χ4v) is 2.45. The molecule has 2 aromatic rings. The van der Waals surface area contributed by atoms with Crippen LogP contribution in [0.15, 0.2) is 18.2 Å². The lowest BCUT2D eigenvalue weighted by Gasteiger charge is -2.19. The summed E-state index contributed by atoms with van der Waals surface area (Å²) in [5.74, 6) is 1.15. The molecular formula is C16H25N3. The van der Waals surface area contributed by atoms with Crippen LogP contribution in [0, 0.1) is 6.92 Å². The molecule has 104 valence electrons. The van der Waals surface area contributed by atoms with Gasteiger partial charge < -0.3 is 10.3 Å². The summed E-state index contributed by atoms with van der Waals surface area (Å²) in [7, 11) is 0. The van der Waals surface area contributed by atoms with E-state index in [4.69, 9.17) is 10.7 Å². The zero-order valence-electron chi connectivity index (χ0n) is 12.7. The van der Waals surface area contributed by atoms with E-state index in [0.29, 0.717) is 6.04 Å². The Morgan fingerprint density at radius 2 is 2.00 bits per heavy atom. The molecule has 0 fully saturated rings. The van der Waals surface area contributed by atoms with Crippen LogP contribution in [0.1, 0.15) is 51.5 Å². The number of nitrogens with two attached hydrogens (primary N) is 1. The van der Waals surface area contributed by atoms with Crippen LogP contribution in [0.4, 0.5) is 0 Å². The zero-order valence-corrected chi connectivity index (χ0v) is 12.7. The summed E-state index contributed by atoms with van der Waals surface area (Å²) >= 11 is 0. The summed E-state index contributed by atoms with van der Waals surface area (Å²) < 4.78 is 2.33.